The highest BCUT2D eigenvalue weighted by Crippen LogP contribution is 2.37. The first-order valence-corrected chi connectivity index (χ1v) is 12.5. The van der Waals surface area contributed by atoms with Crippen LogP contribution in [0.4, 0.5) is 5.69 Å². The number of rotatable bonds is 7. The Labute approximate surface area is 189 Å². The lowest BCUT2D eigenvalue weighted by Gasteiger charge is -2.34. The first kappa shape index (κ1) is 20.5. The number of aromatic nitrogens is 1. The van der Waals surface area contributed by atoms with E-state index in [1.807, 2.05) is 12.1 Å². The molecule has 2 aliphatic rings. The van der Waals surface area contributed by atoms with Crippen molar-refractivity contribution in [3.8, 4) is 0 Å². The smallest absolute Gasteiger partial charge is 0.169 e. The van der Waals surface area contributed by atoms with Gasteiger partial charge in [-0.05, 0) is 69.7 Å². The van der Waals surface area contributed by atoms with Crippen molar-refractivity contribution >= 4 is 60.9 Å². The van der Waals surface area contributed by atoms with E-state index in [4.69, 9.17) is 0 Å². The molecule has 1 N–H and O–H groups in total. The third-order valence-electron chi connectivity index (χ3n) is 6.24. The molecule has 0 amide bonds. The molecule has 2 aromatic rings. The first-order valence-electron chi connectivity index (χ1n) is 10.2. The van der Waals surface area contributed by atoms with Gasteiger partial charge in [0.15, 0.2) is 5.78 Å². The summed E-state index contributed by atoms with van der Waals surface area (Å²) >= 11 is 6.03. The molecule has 0 saturated heterocycles. The van der Waals surface area contributed by atoms with Crippen molar-refractivity contribution in [2.45, 2.75) is 44.6 Å². The second-order valence-corrected chi connectivity index (χ2v) is 9.88. The number of pyridine rings is 1. The van der Waals surface area contributed by atoms with Gasteiger partial charge in [0.2, 0.25) is 0 Å². The van der Waals surface area contributed by atoms with Gasteiger partial charge in [0.1, 0.15) is 0 Å². The highest BCUT2D eigenvalue weighted by atomic mass is 127. The highest BCUT2D eigenvalue weighted by Gasteiger charge is 2.33. The van der Waals surface area contributed by atoms with Crippen LogP contribution >= 0.6 is 38.5 Å². The van der Waals surface area contributed by atoms with Crippen LogP contribution in [0.25, 0.3) is 10.9 Å². The topological polar surface area (TPSA) is 45.2 Å². The predicted molar refractivity (Wildman–Crippen MR) is 127 cm³/mol. The Bertz CT molecular complexity index is 862. The molecule has 0 atom stereocenters. The zero-order valence-corrected chi connectivity index (χ0v) is 20.0. The van der Waals surface area contributed by atoms with Gasteiger partial charge >= 0.3 is 0 Å². The molecular weight excluding hydrogens is 529 g/mol. The molecule has 4 rings (SSSR count). The van der Waals surface area contributed by atoms with Crippen LogP contribution in [0.5, 0.6) is 0 Å². The lowest BCUT2D eigenvalue weighted by Crippen LogP contribution is -2.35. The molecule has 1 heterocycles. The summed E-state index contributed by atoms with van der Waals surface area (Å²) in [6, 6.07) is 6.83. The Hall–Kier alpha value is -0.730. The standard InChI is InChI=1S/C22H27BrIN3O/c1-27(13-24)17-7-2-14(3-8-17)11-26-21-18-10-16(23)6-9-20(18)25-12-19(21)22(28)15-4-5-15/h6,9-10,12,14-15,17H,2-5,7-8,11,13H2,1H3,(H,25,26). The van der Waals surface area contributed by atoms with Crippen LogP contribution in [0.2, 0.25) is 0 Å². The fraction of sp³-hybridized carbons (Fsp3) is 0.545. The summed E-state index contributed by atoms with van der Waals surface area (Å²) in [4.78, 5) is 19.9. The minimum Gasteiger partial charge on any atom is -0.384 e. The molecule has 2 saturated carbocycles. The van der Waals surface area contributed by atoms with E-state index in [0.29, 0.717) is 5.92 Å². The van der Waals surface area contributed by atoms with Gasteiger partial charge in [0, 0.05) is 34.6 Å². The van der Waals surface area contributed by atoms with E-state index in [9.17, 15) is 4.79 Å². The van der Waals surface area contributed by atoms with Crippen molar-refractivity contribution in [2.75, 3.05) is 23.5 Å². The molecule has 2 aliphatic carbocycles. The first-order chi connectivity index (χ1) is 13.6. The van der Waals surface area contributed by atoms with E-state index in [1.54, 1.807) is 6.20 Å². The van der Waals surface area contributed by atoms with Gasteiger partial charge in [0.05, 0.1) is 21.3 Å². The van der Waals surface area contributed by atoms with Crippen LogP contribution in [-0.4, -0.2) is 39.9 Å². The summed E-state index contributed by atoms with van der Waals surface area (Å²) in [5.74, 6) is 1.12. The Morgan fingerprint density at radius 2 is 2.00 bits per heavy atom. The average molecular weight is 556 g/mol. The molecule has 0 unspecified atom stereocenters. The van der Waals surface area contributed by atoms with Gasteiger partial charge in [-0.3, -0.25) is 14.7 Å². The molecule has 4 nitrogen and oxygen atoms in total. The SMILES string of the molecule is CN(CI)C1CCC(CNc2c(C(=O)C3CC3)cnc3ccc(Br)cc23)CC1. The van der Waals surface area contributed by atoms with Crippen molar-refractivity contribution in [1.29, 1.82) is 0 Å². The second-order valence-electron chi connectivity index (χ2n) is 8.28. The fourth-order valence-electron chi connectivity index (χ4n) is 4.24. The molecule has 1 aromatic carbocycles. The molecule has 0 aliphatic heterocycles. The van der Waals surface area contributed by atoms with Crippen LogP contribution in [0.15, 0.2) is 28.9 Å². The largest absolute Gasteiger partial charge is 0.384 e. The number of hydrogen-bond acceptors (Lipinski definition) is 4. The summed E-state index contributed by atoms with van der Waals surface area (Å²) in [5, 5.41) is 4.72. The number of carbonyl (C=O) groups is 1. The zero-order valence-electron chi connectivity index (χ0n) is 16.3. The zero-order chi connectivity index (χ0) is 19.7. The van der Waals surface area contributed by atoms with E-state index in [1.165, 1.54) is 25.7 Å². The Morgan fingerprint density at radius 3 is 2.68 bits per heavy atom. The number of nitrogens with one attached hydrogen (secondary N) is 1. The third-order valence-corrected chi connectivity index (χ3v) is 7.81. The Balaban J connectivity index is 1.53. The fourth-order valence-corrected chi connectivity index (χ4v) is 5.16. The van der Waals surface area contributed by atoms with Gasteiger partial charge in [-0.1, -0.05) is 38.5 Å². The number of Topliss-reactive ketones (excluding diaryl/α,β-unsaturated/α-hetero) is 1. The second kappa shape index (κ2) is 8.96. The molecule has 28 heavy (non-hydrogen) atoms. The Kier molecular flexibility index (Phi) is 6.57. The maximum atomic E-state index is 12.9. The average Bonchev–Trinajstić information content (AvgIpc) is 3.56. The molecule has 0 radical (unpaired) electrons. The van der Waals surface area contributed by atoms with Crippen LogP contribution in [-0.2, 0) is 0 Å². The summed E-state index contributed by atoms with van der Waals surface area (Å²) in [5.41, 5.74) is 2.69. The minimum absolute atomic E-state index is 0.200. The monoisotopic (exact) mass is 555 g/mol. The number of carbonyl (C=O) groups excluding carboxylic acids is 1. The van der Waals surface area contributed by atoms with Crippen LogP contribution < -0.4 is 5.32 Å². The number of halogens is 2. The van der Waals surface area contributed by atoms with Gasteiger partial charge in [-0.25, -0.2) is 0 Å². The lowest BCUT2D eigenvalue weighted by atomic mass is 9.85. The number of hydrogen-bond donors (Lipinski definition) is 1. The lowest BCUT2D eigenvalue weighted by molar-refractivity contribution is 0.0968. The predicted octanol–water partition coefficient (Wildman–Crippen LogP) is 5.89. The quantitative estimate of drug-likeness (QED) is 0.200. The third kappa shape index (κ3) is 4.54. The number of benzene rings is 1. The van der Waals surface area contributed by atoms with Gasteiger partial charge in [-0.2, -0.15) is 0 Å². The molecule has 1 aromatic heterocycles. The number of anilines is 1. The highest BCUT2D eigenvalue weighted by molar-refractivity contribution is 14.1. The van der Waals surface area contributed by atoms with Gasteiger partial charge in [0.25, 0.3) is 0 Å². The summed E-state index contributed by atoms with van der Waals surface area (Å²) in [6.07, 6.45) is 8.84. The number of nitrogens with zero attached hydrogens (tertiary/aromatic N) is 2. The van der Waals surface area contributed by atoms with Crippen LogP contribution in [0, 0.1) is 11.8 Å². The van der Waals surface area contributed by atoms with Gasteiger partial charge < -0.3 is 5.32 Å². The molecule has 150 valence electrons. The minimum atomic E-state index is 0.200. The molecule has 0 bridgehead atoms. The maximum Gasteiger partial charge on any atom is 0.169 e. The van der Waals surface area contributed by atoms with E-state index >= 15 is 0 Å². The number of fused-ring (bicyclic) bond motifs is 1. The normalized spacial score (nSPS) is 22.6. The molecule has 2 fully saturated rings. The van der Waals surface area contributed by atoms with E-state index in [2.05, 4.69) is 66.8 Å². The summed E-state index contributed by atoms with van der Waals surface area (Å²) < 4.78 is 2.11. The van der Waals surface area contributed by atoms with E-state index < -0.39 is 0 Å². The van der Waals surface area contributed by atoms with Gasteiger partial charge in [-0.15, -0.1) is 0 Å². The number of ketones is 1. The van der Waals surface area contributed by atoms with Crippen LogP contribution in [0.1, 0.15) is 48.9 Å². The van der Waals surface area contributed by atoms with E-state index in [0.717, 1.165) is 56.6 Å². The molecule has 6 heteroatoms. The summed E-state index contributed by atoms with van der Waals surface area (Å²) in [7, 11) is 2.23. The molecule has 0 spiro atoms. The van der Waals surface area contributed by atoms with Crippen molar-refractivity contribution in [3.63, 3.8) is 0 Å². The van der Waals surface area contributed by atoms with Crippen molar-refractivity contribution in [2.24, 2.45) is 11.8 Å². The Morgan fingerprint density at radius 1 is 1.25 bits per heavy atom. The summed E-state index contributed by atoms with van der Waals surface area (Å²) in [6.45, 7) is 0.928. The molecular formula is C22H27BrIN3O. The van der Waals surface area contributed by atoms with Crippen molar-refractivity contribution < 1.29 is 4.79 Å². The van der Waals surface area contributed by atoms with Crippen molar-refractivity contribution in [1.82, 2.24) is 9.88 Å². The maximum absolute atomic E-state index is 12.9. The van der Waals surface area contributed by atoms with Crippen molar-refractivity contribution in [3.05, 3.63) is 34.4 Å². The van der Waals surface area contributed by atoms with Crippen LogP contribution in [0.3, 0.4) is 0 Å². The van der Waals surface area contributed by atoms with E-state index in [-0.39, 0.29) is 11.7 Å². The number of alkyl halides is 1.